The summed E-state index contributed by atoms with van der Waals surface area (Å²) in [4.78, 5) is 27.1. The molecule has 0 N–H and O–H groups in total. The van der Waals surface area contributed by atoms with Crippen LogP contribution >= 0.6 is 0 Å². The minimum Gasteiger partial charge on any atom is -0.444 e. The van der Waals surface area contributed by atoms with E-state index in [1.807, 2.05) is 57.2 Å². The van der Waals surface area contributed by atoms with Gasteiger partial charge in [0.2, 0.25) is 0 Å². The van der Waals surface area contributed by atoms with E-state index in [4.69, 9.17) is 4.74 Å². The van der Waals surface area contributed by atoms with Gasteiger partial charge in [0.05, 0.1) is 4.92 Å². The minimum atomic E-state index is -0.518. The number of piperazine rings is 1. The summed E-state index contributed by atoms with van der Waals surface area (Å²) in [5.74, 6) is 0. The number of amides is 1. The van der Waals surface area contributed by atoms with E-state index in [-0.39, 0.29) is 16.7 Å². The number of nitro groups is 1. The smallest absolute Gasteiger partial charge is 0.410 e. The van der Waals surface area contributed by atoms with Crippen LogP contribution in [-0.4, -0.2) is 47.7 Å². The second-order valence-corrected chi connectivity index (χ2v) is 8.19. The third kappa shape index (κ3) is 5.47. The first kappa shape index (κ1) is 20.6. The van der Waals surface area contributed by atoms with Crippen molar-refractivity contribution in [1.82, 2.24) is 4.90 Å². The third-order valence-corrected chi connectivity index (χ3v) is 4.78. The summed E-state index contributed by atoms with van der Waals surface area (Å²) >= 11 is 0. The Labute approximate surface area is 171 Å². The van der Waals surface area contributed by atoms with Crippen molar-refractivity contribution in [2.45, 2.75) is 32.8 Å². The number of ether oxygens (including phenoxy) is 1. The highest BCUT2D eigenvalue weighted by Crippen LogP contribution is 2.29. The Morgan fingerprint density at radius 1 is 1.07 bits per heavy atom. The monoisotopic (exact) mass is 397 g/mol. The summed E-state index contributed by atoms with van der Waals surface area (Å²) in [6.45, 7) is 7.97. The molecule has 29 heavy (non-hydrogen) atoms. The third-order valence-electron chi connectivity index (χ3n) is 4.78. The molecule has 2 aromatic rings. The molecule has 3 rings (SSSR count). The molecule has 1 fully saturated rings. The van der Waals surface area contributed by atoms with Crippen LogP contribution in [0.4, 0.5) is 16.2 Å². The molecule has 1 heterocycles. The van der Waals surface area contributed by atoms with Gasteiger partial charge in [-0.1, -0.05) is 30.3 Å². The van der Waals surface area contributed by atoms with Crippen LogP contribution in [0.15, 0.2) is 48.5 Å². The van der Waals surface area contributed by atoms with Gasteiger partial charge in [-0.3, -0.25) is 10.1 Å². The Morgan fingerprint density at radius 3 is 2.31 bits per heavy atom. The second kappa shape index (κ2) is 8.51. The molecule has 0 aromatic heterocycles. The van der Waals surface area contributed by atoms with Crippen LogP contribution in [0.2, 0.25) is 0 Å². The zero-order valence-corrected chi connectivity index (χ0v) is 17.1. The molecule has 154 valence electrons. The van der Waals surface area contributed by atoms with Gasteiger partial charge < -0.3 is 14.5 Å². The van der Waals surface area contributed by atoms with E-state index in [0.29, 0.717) is 32.6 Å². The van der Waals surface area contributed by atoms with E-state index in [9.17, 15) is 14.9 Å². The lowest BCUT2D eigenvalue weighted by Gasteiger charge is -2.37. The van der Waals surface area contributed by atoms with Gasteiger partial charge in [-0.15, -0.1) is 0 Å². The van der Waals surface area contributed by atoms with Crippen molar-refractivity contribution in [3.8, 4) is 0 Å². The summed E-state index contributed by atoms with van der Waals surface area (Å²) in [5, 5.41) is 11.3. The molecule has 0 radical (unpaired) electrons. The molecule has 0 aliphatic carbocycles. The summed E-state index contributed by atoms with van der Waals surface area (Å²) in [7, 11) is 0. The van der Waals surface area contributed by atoms with Crippen molar-refractivity contribution >= 4 is 17.5 Å². The Morgan fingerprint density at radius 2 is 1.72 bits per heavy atom. The SMILES string of the molecule is CC(C)(C)OC(=O)N1CCN(c2ccc([N+](=O)[O-])cc2Cc2ccccc2)CC1. The fraction of sp³-hybridized carbons (Fsp3) is 0.409. The summed E-state index contributed by atoms with van der Waals surface area (Å²) in [6, 6.07) is 14.9. The van der Waals surface area contributed by atoms with Gasteiger partial charge in [0.25, 0.3) is 5.69 Å². The van der Waals surface area contributed by atoms with Gasteiger partial charge in [0, 0.05) is 44.0 Å². The zero-order valence-electron chi connectivity index (χ0n) is 17.1. The van der Waals surface area contributed by atoms with Crippen molar-refractivity contribution in [2.24, 2.45) is 0 Å². The van der Waals surface area contributed by atoms with Gasteiger partial charge in [-0.25, -0.2) is 4.79 Å². The molecule has 1 aliphatic rings. The lowest BCUT2D eigenvalue weighted by Crippen LogP contribution is -2.50. The maximum Gasteiger partial charge on any atom is 0.410 e. The van der Waals surface area contributed by atoms with E-state index in [2.05, 4.69) is 4.90 Å². The molecular formula is C22H27N3O4. The first-order valence-electron chi connectivity index (χ1n) is 9.77. The predicted octanol–water partition coefficient (Wildman–Crippen LogP) is 4.24. The molecule has 0 unspecified atom stereocenters. The van der Waals surface area contributed by atoms with E-state index < -0.39 is 5.60 Å². The quantitative estimate of drug-likeness (QED) is 0.570. The molecule has 0 bridgehead atoms. The standard InChI is InChI=1S/C22H27N3O4/c1-22(2,3)29-21(26)24-13-11-23(12-14-24)20-10-9-19(25(27)28)16-18(20)15-17-7-5-4-6-8-17/h4-10,16H,11-15H2,1-3H3. The molecule has 1 amide bonds. The van der Waals surface area contributed by atoms with E-state index in [0.717, 1.165) is 16.8 Å². The van der Waals surface area contributed by atoms with Crippen molar-refractivity contribution in [3.63, 3.8) is 0 Å². The highest BCUT2D eigenvalue weighted by atomic mass is 16.6. The van der Waals surface area contributed by atoms with Crippen LogP contribution in [0.5, 0.6) is 0 Å². The highest BCUT2D eigenvalue weighted by molar-refractivity contribution is 5.69. The lowest BCUT2D eigenvalue weighted by molar-refractivity contribution is -0.384. The predicted molar refractivity (Wildman–Crippen MR) is 112 cm³/mol. The summed E-state index contributed by atoms with van der Waals surface area (Å²) < 4.78 is 5.46. The molecule has 0 saturated carbocycles. The topological polar surface area (TPSA) is 75.9 Å². The number of anilines is 1. The molecular weight excluding hydrogens is 370 g/mol. The average molecular weight is 397 g/mol. The summed E-state index contributed by atoms with van der Waals surface area (Å²) in [5.41, 5.74) is 2.56. The Kier molecular flexibility index (Phi) is 6.06. The number of nitro benzene ring substituents is 1. The number of carbonyl (C=O) groups excluding carboxylic acids is 1. The van der Waals surface area contributed by atoms with E-state index in [1.165, 1.54) is 0 Å². The molecule has 1 saturated heterocycles. The number of carbonyl (C=O) groups is 1. The number of nitrogens with zero attached hydrogens (tertiary/aromatic N) is 3. The molecule has 7 heteroatoms. The maximum atomic E-state index is 12.3. The molecule has 0 atom stereocenters. The van der Waals surface area contributed by atoms with Crippen molar-refractivity contribution in [1.29, 1.82) is 0 Å². The number of hydrogen-bond donors (Lipinski definition) is 0. The average Bonchev–Trinajstić information content (AvgIpc) is 2.67. The number of hydrogen-bond acceptors (Lipinski definition) is 5. The first-order valence-corrected chi connectivity index (χ1v) is 9.77. The fourth-order valence-electron chi connectivity index (χ4n) is 3.41. The summed E-state index contributed by atoms with van der Waals surface area (Å²) in [6.07, 6.45) is 0.315. The van der Waals surface area contributed by atoms with Gasteiger partial charge in [-0.05, 0) is 44.4 Å². The molecule has 2 aromatic carbocycles. The molecule has 7 nitrogen and oxygen atoms in total. The number of rotatable bonds is 4. The molecule has 0 spiro atoms. The largest absolute Gasteiger partial charge is 0.444 e. The van der Waals surface area contributed by atoms with Gasteiger partial charge in [-0.2, -0.15) is 0 Å². The van der Waals surface area contributed by atoms with Crippen LogP contribution in [-0.2, 0) is 11.2 Å². The van der Waals surface area contributed by atoms with E-state index >= 15 is 0 Å². The van der Waals surface area contributed by atoms with E-state index in [1.54, 1.807) is 17.0 Å². The Hall–Kier alpha value is -3.09. The van der Waals surface area contributed by atoms with Crippen molar-refractivity contribution in [3.05, 3.63) is 69.8 Å². The number of benzene rings is 2. The minimum absolute atomic E-state index is 0.0899. The van der Waals surface area contributed by atoms with Crippen LogP contribution < -0.4 is 4.90 Å². The van der Waals surface area contributed by atoms with Gasteiger partial charge in [0.15, 0.2) is 0 Å². The fourth-order valence-corrected chi connectivity index (χ4v) is 3.41. The maximum absolute atomic E-state index is 12.3. The number of non-ortho nitro benzene ring substituents is 1. The van der Waals surface area contributed by atoms with Crippen LogP contribution in [0.3, 0.4) is 0 Å². The van der Waals surface area contributed by atoms with Gasteiger partial charge >= 0.3 is 6.09 Å². The Bertz CT molecular complexity index is 869. The van der Waals surface area contributed by atoms with Crippen molar-refractivity contribution in [2.75, 3.05) is 31.1 Å². The van der Waals surface area contributed by atoms with Crippen molar-refractivity contribution < 1.29 is 14.5 Å². The lowest BCUT2D eigenvalue weighted by atomic mass is 10.0. The highest BCUT2D eigenvalue weighted by Gasteiger charge is 2.27. The molecule has 1 aliphatic heterocycles. The van der Waals surface area contributed by atoms with Crippen LogP contribution in [0.1, 0.15) is 31.9 Å². The Balaban J connectivity index is 1.76. The van der Waals surface area contributed by atoms with Gasteiger partial charge in [0.1, 0.15) is 5.60 Å². The van der Waals surface area contributed by atoms with Crippen LogP contribution in [0, 0.1) is 10.1 Å². The second-order valence-electron chi connectivity index (χ2n) is 8.19. The zero-order chi connectivity index (χ0) is 21.0. The van der Waals surface area contributed by atoms with Crippen LogP contribution in [0.25, 0.3) is 0 Å². The first-order chi connectivity index (χ1) is 13.7. The normalized spacial score (nSPS) is 14.6.